The summed E-state index contributed by atoms with van der Waals surface area (Å²) in [4.78, 5) is 0. The van der Waals surface area contributed by atoms with Crippen LogP contribution < -0.4 is 0 Å². The van der Waals surface area contributed by atoms with Crippen LogP contribution in [0, 0.1) is 29.6 Å². The van der Waals surface area contributed by atoms with Crippen molar-refractivity contribution in [2.75, 3.05) is 0 Å². The summed E-state index contributed by atoms with van der Waals surface area (Å²) in [5.74, 6) is 5.07. The lowest BCUT2D eigenvalue weighted by atomic mass is 9.69. The van der Waals surface area contributed by atoms with Crippen molar-refractivity contribution in [1.29, 1.82) is 0 Å². The smallest absolute Gasteiger partial charge is 0 e. The van der Waals surface area contributed by atoms with Crippen molar-refractivity contribution in [3.63, 3.8) is 0 Å². The molecular formula is C20H38. The molecule has 0 aromatic rings. The molecule has 0 saturated heterocycles. The van der Waals surface area contributed by atoms with Crippen molar-refractivity contribution in [3.05, 3.63) is 11.6 Å². The minimum atomic E-state index is 0. The molecule has 0 radical (unpaired) electrons. The summed E-state index contributed by atoms with van der Waals surface area (Å²) in [6.45, 7) is 4.88. The van der Waals surface area contributed by atoms with Gasteiger partial charge in [-0.3, -0.25) is 0 Å². The van der Waals surface area contributed by atoms with Crippen molar-refractivity contribution in [1.82, 2.24) is 0 Å². The molecule has 1 unspecified atom stereocenters. The van der Waals surface area contributed by atoms with Crippen molar-refractivity contribution < 1.29 is 2.85 Å². The van der Waals surface area contributed by atoms with E-state index in [1.165, 1.54) is 70.6 Å². The van der Waals surface area contributed by atoms with Gasteiger partial charge < -0.3 is 0 Å². The Morgan fingerprint density at radius 2 is 1.35 bits per heavy atom. The number of hydrogen-bond acceptors (Lipinski definition) is 0. The highest BCUT2D eigenvalue weighted by molar-refractivity contribution is 5.12. The second kappa shape index (κ2) is 6.67. The summed E-state index contributed by atoms with van der Waals surface area (Å²) in [6.07, 6.45) is 19.0. The minimum Gasteiger partial charge on any atom is -0.0848 e. The maximum atomic E-state index is 2.69. The maximum absolute atomic E-state index is 2.69. The van der Waals surface area contributed by atoms with Crippen LogP contribution in [0.1, 0.15) is 87.3 Å². The largest absolute Gasteiger partial charge is 0.0848 e. The van der Waals surface area contributed by atoms with Crippen LogP contribution in [0.2, 0.25) is 0 Å². The fourth-order valence-electron chi connectivity index (χ4n) is 5.06. The summed E-state index contributed by atoms with van der Waals surface area (Å²) in [7, 11) is 0. The zero-order valence-electron chi connectivity index (χ0n) is 13.7. The molecule has 2 saturated carbocycles. The van der Waals surface area contributed by atoms with Crippen molar-refractivity contribution in [2.45, 2.75) is 84.5 Å². The number of hydrogen-bond donors (Lipinski definition) is 0. The van der Waals surface area contributed by atoms with Crippen molar-refractivity contribution >= 4 is 0 Å². The van der Waals surface area contributed by atoms with E-state index < -0.39 is 0 Å². The van der Waals surface area contributed by atoms with E-state index in [1.54, 1.807) is 0 Å². The average Bonchev–Trinajstić information content (AvgIpc) is 2.49. The molecule has 0 heteroatoms. The second-order valence-corrected chi connectivity index (χ2v) is 8.29. The third-order valence-electron chi connectivity index (χ3n) is 6.75. The molecule has 0 aliphatic heterocycles. The molecule has 3 aliphatic carbocycles. The van der Waals surface area contributed by atoms with Gasteiger partial charge in [0.05, 0.1) is 0 Å². The Morgan fingerprint density at radius 1 is 0.750 bits per heavy atom. The first-order valence-corrected chi connectivity index (χ1v) is 9.41. The van der Waals surface area contributed by atoms with Crippen LogP contribution in [0.3, 0.4) is 0 Å². The van der Waals surface area contributed by atoms with Gasteiger partial charge in [0.1, 0.15) is 0 Å². The fraction of sp³-hybridized carbons (Fsp3) is 0.900. The van der Waals surface area contributed by atoms with Gasteiger partial charge in [0.15, 0.2) is 0 Å². The zero-order valence-corrected chi connectivity index (χ0v) is 13.7. The fourth-order valence-corrected chi connectivity index (χ4v) is 5.06. The van der Waals surface area contributed by atoms with Crippen LogP contribution in [0.4, 0.5) is 0 Å². The van der Waals surface area contributed by atoms with E-state index in [1.807, 2.05) is 5.57 Å². The van der Waals surface area contributed by atoms with Gasteiger partial charge in [-0.1, -0.05) is 51.2 Å². The standard InChI is InChI=1S/C20H34.2H2/c1-15-3-7-17(8-4-15)19-11-13-20(14-12-19)18-9-5-16(2)6-10-18;;/h11,15-18,20H,3-10,12-14H2,1-2H3;2*1H. The third-order valence-corrected chi connectivity index (χ3v) is 6.75. The lowest BCUT2D eigenvalue weighted by Crippen LogP contribution is -2.24. The molecule has 3 rings (SSSR count). The first kappa shape index (κ1) is 14.7. The highest BCUT2D eigenvalue weighted by Gasteiger charge is 2.29. The number of allylic oxidation sites excluding steroid dienone is 2. The molecule has 0 N–H and O–H groups in total. The van der Waals surface area contributed by atoms with Gasteiger partial charge >= 0.3 is 0 Å². The SMILES string of the molecule is CC1CCC(C2=CCC(C3CCC(C)CC3)CC2)CC1.[HH].[HH]. The summed E-state index contributed by atoms with van der Waals surface area (Å²) >= 11 is 0. The summed E-state index contributed by atoms with van der Waals surface area (Å²) in [5.41, 5.74) is 1.86. The summed E-state index contributed by atoms with van der Waals surface area (Å²) < 4.78 is 0. The summed E-state index contributed by atoms with van der Waals surface area (Å²) in [6, 6.07) is 0. The van der Waals surface area contributed by atoms with E-state index in [0.29, 0.717) is 0 Å². The van der Waals surface area contributed by atoms with Gasteiger partial charge in [-0.15, -0.1) is 0 Å². The molecular weight excluding hydrogens is 240 g/mol. The van der Waals surface area contributed by atoms with Crippen LogP contribution >= 0.6 is 0 Å². The van der Waals surface area contributed by atoms with Gasteiger partial charge in [0.2, 0.25) is 0 Å². The van der Waals surface area contributed by atoms with Crippen LogP contribution in [-0.4, -0.2) is 0 Å². The van der Waals surface area contributed by atoms with Gasteiger partial charge in [-0.25, -0.2) is 0 Å². The Balaban J connectivity index is 0.00000121. The van der Waals surface area contributed by atoms with E-state index in [4.69, 9.17) is 0 Å². The Bertz CT molecular complexity index is 334. The number of rotatable bonds is 2. The highest BCUT2D eigenvalue weighted by atomic mass is 14.3. The topological polar surface area (TPSA) is 0 Å². The zero-order chi connectivity index (χ0) is 13.9. The van der Waals surface area contributed by atoms with Crippen LogP contribution in [0.5, 0.6) is 0 Å². The average molecular weight is 279 g/mol. The highest BCUT2D eigenvalue weighted by Crippen LogP contribution is 2.43. The van der Waals surface area contributed by atoms with Crippen molar-refractivity contribution in [2.24, 2.45) is 29.6 Å². The van der Waals surface area contributed by atoms with E-state index in [9.17, 15) is 0 Å². The van der Waals surface area contributed by atoms with E-state index in [-0.39, 0.29) is 2.85 Å². The molecule has 0 spiro atoms. The molecule has 0 amide bonds. The normalized spacial score (nSPS) is 43.1. The molecule has 2 fully saturated rings. The Kier molecular flexibility index (Phi) is 4.89. The first-order chi connectivity index (χ1) is 9.72. The molecule has 0 bridgehead atoms. The van der Waals surface area contributed by atoms with Crippen LogP contribution in [0.25, 0.3) is 0 Å². The Labute approximate surface area is 129 Å². The predicted molar refractivity (Wildman–Crippen MR) is 91.9 cm³/mol. The van der Waals surface area contributed by atoms with Gasteiger partial charge in [0.25, 0.3) is 0 Å². The molecule has 0 heterocycles. The molecule has 0 nitrogen and oxygen atoms in total. The van der Waals surface area contributed by atoms with Gasteiger partial charge in [0, 0.05) is 2.85 Å². The first-order valence-electron chi connectivity index (χ1n) is 9.41. The molecule has 118 valence electrons. The van der Waals surface area contributed by atoms with Gasteiger partial charge in [-0.05, 0) is 74.5 Å². The predicted octanol–water partition coefficient (Wildman–Crippen LogP) is 6.86. The molecule has 0 aromatic carbocycles. The van der Waals surface area contributed by atoms with Crippen LogP contribution in [0.15, 0.2) is 11.6 Å². The molecule has 0 aromatic heterocycles. The molecule has 3 aliphatic rings. The quantitative estimate of drug-likeness (QED) is 0.484. The Hall–Kier alpha value is -0.260. The molecule has 20 heavy (non-hydrogen) atoms. The third kappa shape index (κ3) is 3.49. The minimum absolute atomic E-state index is 0. The molecule has 1 atom stereocenters. The summed E-state index contributed by atoms with van der Waals surface area (Å²) in [5, 5.41) is 0. The van der Waals surface area contributed by atoms with E-state index in [0.717, 1.165) is 29.6 Å². The van der Waals surface area contributed by atoms with E-state index >= 15 is 0 Å². The van der Waals surface area contributed by atoms with Crippen molar-refractivity contribution in [3.8, 4) is 0 Å². The van der Waals surface area contributed by atoms with Crippen LogP contribution in [-0.2, 0) is 0 Å². The van der Waals surface area contributed by atoms with E-state index in [2.05, 4.69) is 19.9 Å². The second-order valence-electron chi connectivity index (χ2n) is 8.29. The lowest BCUT2D eigenvalue weighted by Gasteiger charge is -2.36. The monoisotopic (exact) mass is 278 g/mol. The maximum Gasteiger partial charge on any atom is 0 e. The van der Waals surface area contributed by atoms with Gasteiger partial charge in [-0.2, -0.15) is 0 Å². The lowest BCUT2D eigenvalue weighted by molar-refractivity contribution is 0.195. The Morgan fingerprint density at radius 3 is 1.90 bits per heavy atom.